The van der Waals surface area contributed by atoms with Crippen LogP contribution in [0.4, 0.5) is 0 Å². The van der Waals surface area contributed by atoms with E-state index >= 15 is 0 Å². The van der Waals surface area contributed by atoms with Gasteiger partial charge in [-0.25, -0.2) is 0 Å². The third-order valence-corrected chi connectivity index (χ3v) is 18.4. The second kappa shape index (κ2) is 12.0. The molecule has 0 saturated carbocycles. The Morgan fingerprint density at radius 2 is 1.13 bits per heavy atom. The number of hydrogen-bond acceptors (Lipinski definition) is 2. The first-order valence-electron chi connectivity index (χ1n) is 9.73. The van der Waals surface area contributed by atoms with E-state index in [4.69, 9.17) is 27.4 Å². The molecule has 0 aliphatic rings. The Kier molecular flexibility index (Phi) is 9.99. The van der Waals surface area contributed by atoms with Crippen molar-refractivity contribution < 1.29 is 23.3 Å². The van der Waals surface area contributed by atoms with Gasteiger partial charge in [0.2, 0.25) is 0 Å². The number of aryl methyl sites for hydroxylation is 4. The molecule has 4 aromatic rings. The van der Waals surface area contributed by atoms with Crippen molar-refractivity contribution in [1.82, 2.24) is 0 Å². The molecule has 0 aliphatic heterocycles. The SMILES string of the molecule is C[Si](C)=[Ti]([Cl])[Cl].Cc1cc(-c2ccco2)[cH-]c1C.Cc1cc(-c2ccco2)[cH-]c1C. The molecule has 0 radical (unpaired) electrons. The Labute approximate surface area is 193 Å². The standard InChI is InChI=1S/2C11H11O.C2H6Si.2ClH.Ti/c2*1-8-6-10(7-9(8)2)11-4-3-5-12-11;1-3-2;;;/h2*3-7H,1-2H3;1-2H3;2*1H;/q2*-1;;;;+2/p-2. The molecule has 2 nitrogen and oxygen atoms in total. The first-order chi connectivity index (χ1) is 14.2. The summed E-state index contributed by atoms with van der Waals surface area (Å²) in [7, 11) is 11.2. The van der Waals surface area contributed by atoms with Crippen molar-refractivity contribution in [1.29, 1.82) is 0 Å². The minimum Gasteiger partial charge on any atom is -0.508 e. The van der Waals surface area contributed by atoms with Gasteiger partial charge in [-0.15, -0.1) is 34.4 Å². The van der Waals surface area contributed by atoms with Gasteiger partial charge in [-0.1, -0.05) is 39.8 Å². The van der Waals surface area contributed by atoms with Crippen molar-refractivity contribution in [3.05, 3.63) is 83.3 Å². The van der Waals surface area contributed by atoms with Crippen LogP contribution in [0.1, 0.15) is 22.3 Å². The monoisotopic (exact) mass is 494 g/mol. The van der Waals surface area contributed by atoms with Crippen molar-refractivity contribution in [2.45, 2.75) is 40.8 Å². The predicted octanol–water partition coefficient (Wildman–Crippen LogP) is 8.73. The second-order valence-electron chi connectivity index (χ2n) is 7.44. The average molecular weight is 495 g/mol. The quantitative estimate of drug-likeness (QED) is 0.205. The summed E-state index contributed by atoms with van der Waals surface area (Å²) in [5.41, 5.74) is 7.63. The van der Waals surface area contributed by atoms with E-state index in [1.165, 1.54) is 33.4 Å². The van der Waals surface area contributed by atoms with Crippen LogP contribution < -0.4 is 0 Å². The summed E-state index contributed by atoms with van der Waals surface area (Å²) in [6.45, 7) is 12.8. The maximum Gasteiger partial charge on any atom is 0.0768 e. The van der Waals surface area contributed by atoms with Gasteiger partial charge in [0.1, 0.15) is 0 Å². The molecular formula is C24H28Cl2O2SiTi-2. The van der Waals surface area contributed by atoms with Gasteiger partial charge in [-0.2, -0.15) is 23.3 Å². The molecule has 2 aromatic heterocycles. The van der Waals surface area contributed by atoms with E-state index in [2.05, 4.69) is 65.1 Å². The number of rotatable bonds is 2. The van der Waals surface area contributed by atoms with Crippen LogP contribution in [0.15, 0.2) is 69.9 Å². The fourth-order valence-corrected chi connectivity index (χ4v) is 2.64. The molecule has 0 amide bonds. The largest absolute Gasteiger partial charge is 0.508 e. The molecule has 2 aromatic carbocycles. The molecular weight excluding hydrogens is 467 g/mol. The maximum atomic E-state index is 5.59. The van der Waals surface area contributed by atoms with Crippen LogP contribution >= 0.6 is 18.6 Å². The summed E-state index contributed by atoms with van der Waals surface area (Å²) in [4.78, 5) is 0. The van der Waals surface area contributed by atoms with Crippen molar-refractivity contribution >= 4 is 24.8 Å². The summed E-state index contributed by atoms with van der Waals surface area (Å²) in [5.74, 6) is 1.90. The molecule has 0 aliphatic carbocycles. The Balaban J connectivity index is 0.000000171. The van der Waals surface area contributed by atoms with Crippen molar-refractivity contribution in [3.8, 4) is 22.6 Å². The fraction of sp³-hybridized carbons (Fsp3) is 0.250. The molecule has 2 heterocycles. The van der Waals surface area contributed by atoms with Crippen molar-refractivity contribution in [3.63, 3.8) is 0 Å². The number of hydrogen-bond donors (Lipinski definition) is 0. The van der Waals surface area contributed by atoms with Crippen LogP contribution in [0.2, 0.25) is 13.1 Å². The Morgan fingerprint density at radius 1 is 0.767 bits per heavy atom. The van der Waals surface area contributed by atoms with E-state index in [0.29, 0.717) is 0 Å². The predicted molar refractivity (Wildman–Crippen MR) is 128 cm³/mol. The van der Waals surface area contributed by atoms with Crippen LogP contribution in [-0.4, -0.2) is 6.19 Å². The van der Waals surface area contributed by atoms with Gasteiger partial charge in [0, 0.05) is 11.5 Å². The summed E-state index contributed by atoms with van der Waals surface area (Å²) in [5, 5.41) is 0. The van der Waals surface area contributed by atoms with Crippen LogP contribution in [-0.2, 0) is 14.5 Å². The summed E-state index contributed by atoms with van der Waals surface area (Å²) in [6, 6.07) is 16.4. The van der Waals surface area contributed by atoms with Crippen molar-refractivity contribution in [2.75, 3.05) is 0 Å². The van der Waals surface area contributed by atoms with Crippen LogP contribution in [0.3, 0.4) is 0 Å². The van der Waals surface area contributed by atoms with Crippen LogP contribution in [0.25, 0.3) is 22.6 Å². The first kappa shape index (κ1) is 25.0. The van der Waals surface area contributed by atoms with Crippen molar-refractivity contribution in [2.24, 2.45) is 0 Å². The van der Waals surface area contributed by atoms with Gasteiger partial charge in [-0.05, 0) is 12.1 Å². The zero-order valence-corrected chi connectivity index (χ0v) is 22.4. The minimum atomic E-state index is -1.42. The van der Waals surface area contributed by atoms with E-state index < -0.39 is 14.5 Å². The molecule has 6 heteroatoms. The van der Waals surface area contributed by atoms with Gasteiger partial charge in [0.25, 0.3) is 0 Å². The zero-order valence-electron chi connectivity index (χ0n) is 18.3. The summed E-state index contributed by atoms with van der Waals surface area (Å²) in [6.07, 6.45) is 3.15. The molecule has 0 N–H and O–H groups in total. The van der Waals surface area contributed by atoms with Gasteiger partial charge in [0.05, 0.1) is 12.5 Å². The van der Waals surface area contributed by atoms with E-state index in [9.17, 15) is 0 Å². The molecule has 0 bridgehead atoms. The smallest absolute Gasteiger partial charge is 0.0768 e. The van der Waals surface area contributed by atoms with E-state index in [0.717, 1.165) is 11.5 Å². The fourth-order valence-electron chi connectivity index (χ4n) is 2.64. The zero-order chi connectivity index (χ0) is 22.3. The first-order valence-corrected chi connectivity index (χ1v) is 18.9. The average Bonchev–Trinajstić information content (AvgIpc) is 3.47. The second-order valence-corrected chi connectivity index (χ2v) is 23.5. The minimum absolute atomic E-state index is 0.254. The van der Waals surface area contributed by atoms with Gasteiger partial charge in [0.15, 0.2) is 0 Å². The number of halogens is 2. The maximum absolute atomic E-state index is 5.59. The number of furan rings is 2. The third-order valence-electron chi connectivity index (χ3n) is 4.72. The molecule has 0 atom stereocenters. The Hall–Kier alpha value is -1.23. The molecule has 30 heavy (non-hydrogen) atoms. The molecule has 0 fully saturated rings. The van der Waals surface area contributed by atoms with E-state index in [-0.39, 0.29) is 6.19 Å². The van der Waals surface area contributed by atoms with Gasteiger partial charge >= 0.3 is 52.4 Å². The molecule has 0 spiro atoms. The van der Waals surface area contributed by atoms with E-state index in [1.807, 2.05) is 24.3 Å². The normalized spacial score (nSPS) is 10.0. The third kappa shape index (κ3) is 7.47. The van der Waals surface area contributed by atoms with Crippen LogP contribution in [0, 0.1) is 27.7 Å². The van der Waals surface area contributed by atoms with Gasteiger partial charge < -0.3 is 8.83 Å². The van der Waals surface area contributed by atoms with E-state index in [1.54, 1.807) is 12.5 Å². The van der Waals surface area contributed by atoms with Gasteiger partial charge in [-0.3, -0.25) is 0 Å². The topological polar surface area (TPSA) is 26.3 Å². The van der Waals surface area contributed by atoms with Crippen LogP contribution in [0.5, 0.6) is 0 Å². The molecule has 4 rings (SSSR count). The molecule has 160 valence electrons. The summed E-state index contributed by atoms with van der Waals surface area (Å²) >= 11 is -1.42. The Bertz CT molecular complexity index is 938. The molecule has 0 unspecified atom stereocenters. The molecule has 0 saturated heterocycles. The Morgan fingerprint density at radius 3 is 1.33 bits per heavy atom. The summed E-state index contributed by atoms with van der Waals surface area (Å²) < 4.78 is 10.6.